The monoisotopic (exact) mass is 439 g/mol. The molecule has 6 nitrogen and oxygen atoms in total. The minimum Gasteiger partial charge on any atom is -0.493 e. The van der Waals surface area contributed by atoms with Crippen LogP contribution in [0, 0.1) is 0 Å². The van der Waals surface area contributed by atoms with Gasteiger partial charge in [0.2, 0.25) is 0 Å². The first kappa shape index (κ1) is 21.8. The maximum atomic E-state index is 12.6. The van der Waals surface area contributed by atoms with E-state index in [9.17, 15) is 18.0 Å². The lowest BCUT2D eigenvalue weighted by molar-refractivity contribution is -0.275. The second-order valence-corrected chi connectivity index (χ2v) is 7.63. The number of nitrogen functional groups attached to an aromatic ring is 1. The van der Waals surface area contributed by atoms with Crippen LogP contribution in [0.5, 0.6) is 11.5 Å². The van der Waals surface area contributed by atoms with Crippen LogP contribution in [0.4, 0.5) is 23.7 Å². The van der Waals surface area contributed by atoms with Crippen LogP contribution in [0.3, 0.4) is 0 Å². The van der Waals surface area contributed by atoms with Crippen molar-refractivity contribution in [3.05, 3.63) is 53.6 Å². The summed E-state index contributed by atoms with van der Waals surface area (Å²) in [6.45, 7) is 2.16. The third-order valence-electron chi connectivity index (χ3n) is 4.36. The molecule has 0 aromatic heterocycles. The van der Waals surface area contributed by atoms with Crippen molar-refractivity contribution in [1.29, 1.82) is 0 Å². The summed E-state index contributed by atoms with van der Waals surface area (Å²) in [4.78, 5) is 12.5. The van der Waals surface area contributed by atoms with Crippen molar-refractivity contribution in [3.8, 4) is 11.5 Å². The van der Waals surface area contributed by atoms with Gasteiger partial charge in [0.05, 0.1) is 24.6 Å². The van der Waals surface area contributed by atoms with Crippen molar-refractivity contribution in [1.82, 2.24) is 5.01 Å². The molecule has 2 N–H and O–H groups in total. The quantitative estimate of drug-likeness (QED) is 0.639. The van der Waals surface area contributed by atoms with Crippen LogP contribution in [0.2, 0.25) is 0 Å². The number of amides is 1. The summed E-state index contributed by atoms with van der Waals surface area (Å²) < 4.78 is 46.9. The zero-order valence-corrected chi connectivity index (χ0v) is 17.1. The van der Waals surface area contributed by atoms with E-state index in [1.54, 1.807) is 24.3 Å². The van der Waals surface area contributed by atoms with E-state index in [0.29, 0.717) is 23.4 Å². The molecule has 1 aliphatic rings. The normalized spacial score (nSPS) is 17.0. The van der Waals surface area contributed by atoms with Gasteiger partial charge in [0.1, 0.15) is 0 Å². The Morgan fingerprint density at radius 3 is 2.47 bits per heavy atom. The van der Waals surface area contributed by atoms with Gasteiger partial charge in [-0.25, -0.2) is 5.01 Å². The average Bonchev–Trinajstić information content (AvgIpc) is 2.70. The van der Waals surface area contributed by atoms with E-state index in [2.05, 4.69) is 9.84 Å². The second kappa shape index (κ2) is 8.86. The molecule has 1 amide bonds. The first-order valence-corrected chi connectivity index (χ1v) is 9.93. The molecular weight excluding hydrogens is 419 g/mol. The third kappa shape index (κ3) is 5.18. The van der Waals surface area contributed by atoms with Gasteiger partial charge in [-0.3, -0.25) is 4.79 Å². The Labute approximate surface area is 175 Å². The highest BCUT2D eigenvalue weighted by molar-refractivity contribution is 8.14. The van der Waals surface area contributed by atoms with Crippen molar-refractivity contribution in [3.63, 3.8) is 0 Å². The van der Waals surface area contributed by atoms with Crippen LogP contribution in [-0.4, -0.2) is 34.7 Å². The van der Waals surface area contributed by atoms with Gasteiger partial charge in [0, 0.05) is 11.3 Å². The molecule has 0 radical (unpaired) electrons. The van der Waals surface area contributed by atoms with Crippen molar-refractivity contribution in [2.45, 2.75) is 31.5 Å². The fraction of sp³-hybridized carbons (Fsp3) is 0.300. The summed E-state index contributed by atoms with van der Waals surface area (Å²) in [6.07, 6.45) is -4.21. The number of hydrogen-bond donors (Lipinski definition) is 1. The highest BCUT2D eigenvalue weighted by Crippen LogP contribution is 2.36. The van der Waals surface area contributed by atoms with Crippen LogP contribution in [-0.2, 0) is 6.54 Å². The fourth-order valence-electron chi connectivity index (χ4n) is 2.93. The molecule has 1 atom stereocenters. The number of methoxy groups -OCH3 is 1. The van der Waals surface area contributed by atoms with E-state index in [4.69, 9.17) is 10.5 Å². The maximum absolute atomic E-state index is 12.6. The number of anilines is 1. The molecule has 0 aliphatic carbocycles. The number of rotatable bonds is 6. The van der Waals surface area contributed by atoms with Crippen molar-refractivity contribution >= 4 is 28.4 Å². The summed E-state index contributed by atoms with van der Waals surface area (Å²) in [6, 6.07) is 11.2. The summed E-state index contributed by atoms with van der Waals surface area (Å²) >= 11 is 1.13. The topological polar surface area (TPSA) is 77.2 Å². The van der Waals surface area contributed by atoms with Gasteiger partial charge in [-0.2, -0.15) is 5.10 Å². The van der Waals surface area contributed by atoms with E-state index in [-0.39, 0.29) is 22.8 Å². The number of benzene rings is 2. The smallest absolute Gasteiger partial charge is 0.493 e. The zero-order chi connectivity index (χ0) is 21.9. The number of carbonyl (C=O) groups excluding carboxylic acids is 1. The number of ether oxygens (including phenoxy) is 2. The molecule has 1 unspecified atom stereocenters. The van der Waals surface area contributed by atoms with E-state index < -0.39 is 12.1 Å². The molecule has 2 aromatic rings. The standard InChI is InChI=1S/C20H20F3N3O3S/c1-3-17-18(13-6-9-15(16(10-13)28-2)29-20(21,22)23)25-26(19(27)30-17)11-12-4-7-14(24)8-5-12/h4-10,17H,3,11,24H2,1-2H3. The van der Waals surface area contributed by atoms with Gasteiger partial charge in [0.25, 0.3) is 0 Å². The van der Waals surface area contributed by atoms with Gasteiger partial charge in [-0.15, -0.1) is 13.2 Å². The number of hydrazone groups is 1. The van der Waals surface area contributed by atoms with Gasteiger partial charge < -0.3 is 15.2 Å². The number of nitrogens with zero attached hydrogens (tertiary/aromatic N) is 2. The lowest BCUT2D eigenvalue weighted by Gasteiger charge is -2.28. The van der Waals surface area contributed by atoms with Gasteiger partial charge in [-0.1, -0.05) is 30.8 Å². The second-order valence-electron chi connectivity index (χ2n) is 6.48. The van der Waals surface area contributed by atoms with Crippen molar-refractivity contribution in [2.24, 2.45) is 5.10 Å². The Bertz CT molecular complexity index is 949. The van der Waals surface area contributed by atoms with E-state index in [0.717, 1.165) is 17.3 Å². The number of nitrogens with two attached hydrogens (primary N) is 1. The molecule has 3 rings (SSSR count). The molecule has 10 heteroatoms. The number of carbonyl (C=O) groups is 1. The van der Waals surface area contributed by atoms with Crippen LogP contribution in [0.25, 0.3) is 0 Å². The SMILES string of the molecule is CCC1SC(=O)N(Cc2ccc(N)cc2)N=C1c1ccc(OC(F)(F)F)c(OC)c1. The molecule has 0 saturated carbocycles. The zero-order valence-electron chi connectivity index (χ0n) is 16.3. The number of alkyl halides is 3. The Morgan fingerprint density at radius 2 is 1.87 bits per heavy atom. The lowest BCUT2D eigenvalue weighted by atomic mass is 10.0. The third-order valence-corrected chi connectivity index (χ3v) is 5.61. The van der Waals surface area contributed by atoms with Gasteiger partial charge >= 0.3 is 11.6 Å². The minimum absolute atomic E-state index is 0.0747. The molecule has 0 saturated heterocycles. The molecule has 0 bridgehead atoms. The number of hydrogen-bond acceptors (Lipinski definition) is 6. The van der Waals surface area contributed by atoms with Crippen molar-refractivity contribution < 1.29 is 27.4 Å². The summed E-state index contributed by atoms with van der Waals surface area (Å²) in [5, 5.41) is 5.41. The van der Waals surface area contributed by atoms with Crippen molar-refractivity contribution in [2.75, 3.05) is 12.8 Å². The Balaban J connectivity index is 1.94. The van der Waals surface area contributed by atoms with Gasteiger partial charge in [0.15, 0.2) is 11.5 Å². The predicted octanol–water partition coefficient (Wildman–Crippen LogP) is 5.03. The molecule has 2 aromatic carbocycles. The van der Waals surface area contributed by atoms with E-state index >= 15 is 0 Å². The van der Waals surface area contributed by atoms with E-state index in [1.807, 2.05) is 6.92 Å². The molecule has 1 heterocycles. The number of thioether (sulfide) groups is 1. The average molecular weight is 439 g/mol. The molecule has 30 heavy (non-hydrogen) atoms. The molecule has 1 aliphatic heterocycles. The van der Waals surface area contributed by atoms with Crippen LogP contribution >= 0.6 is 11.8 Å². The van der Waals surface area contributed by atoms with E-state index in [1.165, 1.54) is 30.3 Å². The Morgan fingerprint density at radius 1 is 1.17 bits per heavy atom. The molecular formula is C20H20F3N3O3S. The highest BCUT2D eigenvalue weighted by atomic mass is 32.2. The predicted molar refractivity (Wildman–Crippen MR) is 110 cm³/mol. The highest BCUT2D eigenvalue weighted by Gasteiger charge is 2.34. The molecule has 0 spiro atoms. The first-order chi connectivity index (χ1) is 14.2. The maximum Gasteiger partial charge on any atom is 0.573 e. The summed E-state index contributed by atoms with van der Waals surface area (Å²) in [5.74, 6) is -0.518. The van der Waals surface area contributed by atoms with Crippen LogP contribution in [0.1, 0.15) is 24.5 Å². The molecule has 160 valence electrons. The summed E-state index contributed by atoms with van der Waals surface area (Å²) in [5.41, 5.74) is 8.29. The van der Waals surface area contributed by atoms with Crippen LogP contribution in [0.15, 0.2) is 47.6 Å². The Hall–Kier alpha value is -2.88. The lowest BCUT2D eigenvalue weighted by Crippen LogP contribution is -2.34. The minimum atomic E-state index is -4.83. The Kier molecular flexibility index (Phi) is 6.45. The number of halogens is 3. The van der Waals surface area contributed by atoms with Crippen LogP contribution < -0.4 is 15.2 Å². The molecule has 0 fully saturated rings. The largest absolute Gasteiger partial charge is 0.573 e. The summed E-state index contributed by atoms with van der Waals surface area (Å²) in [7, 11) is 1.26. The fourth-order valence-corrected chi connectivity index (χ4v) is 3.86. The first-order valence-electron chi connectivity index (χ1n) is 9.05. The van der Waals surface area contributed by atoms with Gasteiger partial charge in [-0.05, 0) is 42.3 Å².